The SMILES string of the molecule is CSc1nc(-c2cccs2)nc(C)c1C(=O)Nc1ccc2c(c1)NC(=O)CO2. The Labute approximate surface area is 169 Å². The number of rotatable bonds is 4. The number of thioether (sulfide) groups is 1. The van der Waals surface area contributed by atoms with E-state index in [9.17, 15) is 9.59 Å². The summed E-state index contributed by atoms with van der Waals surface area (Å²) < 4.78 is 5.34. The van der Waals surface area contributed by atoms with Crippen molar-refractivity contribution >= 4 is 46.3 Å². The summed E-state index contributed by atoms with van der Waals surface area (Å²) >= 11 is 2.95. The smallest absolute Gasteiger partial charge is 0.262 e. The maximum absolute atomic E-state index is 12.9. The summed E-state index contributed by atoms with van der Waals surface area (Å²) in [5, 5.41) is 8.16. The molecule has 2 aromatic heterocycles. The van der Waals surface area contributed by atoms with Gasteiger partial charge in [0.05, 0.1) is 21.8 Å². The van der Waals surface area contributed by atoms with E-state index in [0.29, 0.717) is 39.2 Å². The lowest BCUT2D eigenvalue weighted by Gasteiger charge is -2.19. The summed E-state index contributed by atoms with van der Waals surface area (Å²) in [4.78, 5) is 34.5. The van der Waals surface area contributed by atoms with E-state index in [2.05, 4.69) is 20.6 Å². The highest BCUT2D eigenvalue weighted by molar-refractivity contribution is 7.98. The van der Waals surface area contributed by atoms with Gasteiger partial charge in [0.1, 0.15) is 10.8 Å². The second kappa shape index (κ2) is 7.61. The molecule has 0 aliphatic carbocycles. The van der Waals surface area contributed by atoms with E-state index in [0.717, 1.165) is 4.88 Å². The van der Waals surface area contributed by atoms with Gasteiger partial charge in [0.25, 0.3) is 11.8 Å². The zero-order valence-corrected chi connectivity index (χ0v) is 16.7. The number of benzene rings is 1. The molecule has 142 valence electrons. The van der Waals surface area contributed by atoms with Gasteiger partial charge in [-0.2, -0.15) is 0 Å². The first-order valence-corrected chi connectivity index (χ1v) is 10.5. The first-order valence-electron chi connectivity index (χ1n) is 8.39. The summed E-state index contributed by atoms with van der Waals surface area (Å²) in [5.41, 5.74) is 2.11. The third-order valence-electron chi connectivity index (χ3n) is 4.09. The Morgan fingerprint density at radius 2 is 2.18 bits per heavy atom. The average molecular weight is 412 g/mol. The fraction of sp³-hybridized carbons (Fsp3) is 0.158. The molecule has 28 heavy (non-hydrogen) atoms. The largest absolute Gasteiger partial charge is 0.482 e. The van der Waals surface area contributed by atoms with E-state index in [-0.39, 0.29) is 18.4 Å². The summed E-state index contributed by atoms with van der Waals surface area (Å²) in [7, 11) is 0. The van der Waals surface area contributed by atoms with Crippen molar-refractivity contribution in [3.05, 3.63) is 47.0 Å². The Kier molecular flexibility index (Phi) is 5.01. The van der Waals surface area contributed by atoms with Crippen molar-refractivity contribution in [3.8, 4) is 16.5 Å². The zero-order valence-electron chi connectivity index (χ0n) is 15.1. The molecule has 2 amide bonds. The average Bonchev–Trinajstić information content (AvgIpc) is 3.21. The second-order valence-corrected chi connectivity index (χ2v) is 7.74. The molecule has 0 fully saturated rings. The predicted octanol–water partition coefficient (Wildman–Crippen LogP) is 3.82. The Balaban J connectivity index is 1.63. The maximum Gasteiger partial charge on any atom is 0.262 e. The van der Waals surface area contributed by atoms with Crippen LogP contribution < -0.4 is 15.4 Å². The van der Waals surface area contributed by atoms with Crippen molar-refractivity contribution in [3.63, 3.8) is 0 Å². The maximum atomic E-state index is 12.9. The molecule has 1 aliphatic rings. The highest BCUT2D eigenvalue weighted by atomic mass is 32.2. The molecule has 0 saturated heterocycles. The number of hydrogen-bond acceptors (Lipinski definition) is 7. The predicted molar refractivity (Wildman–Crippen MR) is 110 cm³/mol. The van der Waals surface area contributed by atoms with Crippen LogP contribution in [0.3, 0.4) is 0 Å². The highest BCUT2D eigenvalue weighted by Gasteiger charge is 2.21. The van der Waals surface area contributed by atoms with Crippen LogP contribution in [0, 0.1) is 6.92 Å². The number of nitrogens with one attached hydrogen (secondary N) is 2. The quantitative estimate of drug-likeness (QED) is 0.500. The van der Waals surface area contributed by atoms with Gasteiger partial charge >= 0.3 is 0 Å². The minimum atomic E-state index is -0.303. The normalized spacial score (nSPS) is 12.7. The topological polar surface area (TPSA) is 93.2 Å². The summed E-state index contributed by atoms with van der Waals surface area (Å²) in [6.07, 6.45) is 1.88. The van der Waals surface area contributed by atoms with E-state index >= 15 is 0 Å². The van der Waals surface area contributed by atoms with Crippen molar-refractivity contribution in [2.75, 3.05) is 23.5 Å². The number of carbonyl (C=O) groups excluding carboxylic acids is 2. The molecule has 0 bridgehead atoms. The van der Waals surface area contributed by atoms with Gasteiger partial charge in [0.15, 0.2) is 12.4 Å². The Hall–Kier alpha value is -2.91. The lowest BCUT2D eigenvalue weighted by Crippen LogP contribution is -2.25. The van der Waals surface area contributed by atoms with Crippen LogP contribution in [0.15, 0.2) is 40.7 Å². The highest BCUT2D eigenvalue weighted by Crippen LogP contribution is 2.32. The molecule has 0 atom stereocenters. The van der Waals surface area contributed by atoms with Crippen LogP contribution in [-0.2, 0) is 4.79 Å². The number of hydrogen-bond donors (Lipinski definition) is 2. The Morgan fingerprint density at radius 3 is 2.93 bits per heavy atom. The lowest BCUT2D eigenvalue weighted by atomic mass is 10.2. The standard InChI is InChI=1S/C19H16N4O3S2/c1-10-16(19(27-2)23-17(20-10)14-4-3-7-28-14)18(25)21-11-5-6-13-12(8-11)22-15(24)9-26-13/h3-8H,9H2,1-2H3,(H,21,25)(H,22,24). The van der Waals surface area contributed by atoms with Gasteiger partial charge in [-0.25, -0.2) is 9.97 Å². The van der Waals surface area contributed by atoms with Crippen LogP contribution in [0.5, 0.6) is 5.75 Å². The van der Waals surface area contributed by atoms with Crippen LogP contribution in [0.4, 0.5) is 11.4 Å². The van der Waals surface area contributed by atoms with E-state index in [1.165, 1.54) is 11.8 Å². The van der Waals surface area contributed by atoms with Gasteiger partial charge in [0, 0.05) is 5.69 Å². The first-order chi connectivity index (χ1) is 13.5. The van der Waals surface area contributed by atoms with Gasteiger partial charge in [-0.3, -0.25) is 9.59 Å². The molecule has 0 radical (unpaired) electrons. The summed E-state index contributed by atoms with van der Waals surface area (Å²) in [6.45, 7) is 1.79. The molecule has 2 N–H and O–H groups in total. The van der Waals surface area contributed by atoms with Crippen molar-refractivity contribution in [1.82, 2.24) is 9.97 Å². The van der Waals surface area contributed by atoms with Crippen molar-refractivity contribution in [2.45, 2.75) is 11.9 Å². The minimum absolute atomic E-state index is 0.0110. The second-order valence-electron chi connectivity index (χ2n) is 6.00. The fourth-order valence-electron chi connectivity index (χ4n) is 2.83. The third-order valence-corrected chi connectivity index (χ3v) is 5.64. The number of amides is 2. The lowest BCUT2D eigenvalue weighted by molar-refractivity contribution is -0.118. The van der Waals surface area contributed by atoms with Crippen LogP contribution in [-0.4, -0.2) is 34.6 Å². The minimum Gasteiger partial charge on any atom is -0.482 e. The number of aromatic nitrogens is 2. The van der Waals surface area contributed by atoms with Crippen molar-refractivity contribution < 1.29 is 14.3 Å². The van der Waals surface area contributed by atoms with Crippen LogP contribution in [0.2, 0.25) is 0 Å². The third kappa shape index (κ3) is 3.58. The van der Waals surface area contributed by atoms with Gasteiger partial charge in [0.2, 0.25) is 0 Å². The Bertz CT molecular complexity index is 1070. The van der Waals surface area contributed by atoms with E-state index in [1.54, 1.807) is 36.5 Å². The Morgan fingerprint density at radius 1 is 1.32 bits per heavy atom. The van der Waals surface area contributed by atoms with Gasteiger partial charge in [-0.1, -0.05) is 6.07 Å². The van der Waals surface area contributed by atoms with E-state index < -0.39 is 0 Å². The zero-order chi connectivity index (χ0) is 19.7. The molecular formula is C19H16N4O3S2. The number of thiophene rings is 1. The molecule has 1 aromatic carbocycles. The summed E-state index contributed by atoms with van der Waals surface area (Å²) in [6, 6.07) is 9.00. The van der Waals surface area contributed by atoms with E-state index in [4.69, 9.17) is 4.74 Å². The van der Waals surface area contributed by atoms with Gasteiger partial charge < -0.3 is 15.4 Å². The van der Waals surface area contributed by atoms with Crippen molar-refractivity contribution in [2.24, 2.45) is 0 Å². The molecule has 0 spiro atoms. The van der Waals surface area contributed by atoms with Crippen molar-refractivity contribution in [1.29, 1.82) is 0 Å². The molecule has 9 heteroatoms. The molecular weight excluding hydrogens is 396 g/mol. The molecule has 4 rings (SSSR count). The molecule has 3 heterocycles. The molecule has 0 unspecified atom stereocenters. The van der Waals surface area contributed by atoms with Gasteiger partial charge in [-0.15, -0.1) is 23.1 Å². The molecule has 0 saturated carbocycles. The molecule has 7 nitrogen and oxygen atoms in total. The number of ether oxygens (including phenoxy) is 1. The number of anilines is 2. The summed E-state index contributed by atoms with van der Waals surface area (Å²) in [5.74, 6) is 0.654. The van der Waals surface area contributed by atoms with E-state index in [1.807, 2.05) is 23.8 Å². The van der Waals surface area contributed by atoms with Crippen LogP contribution >= 0.6 is 23.1 Å². The molecule has 3 aromatic rings. The fourth-order valence-corrected chi connectivity index (χ4v) is 4.11. The number of carbonyl (C=O) groups is 2. The van der Waals surface area contributed by atoms with Gasteiger partial charge in [-0.05, 0) is 42.8 Å². The first kappa shape index (κ1) is 18.5. The van der Waals surface area contributed by atoms with Crippen LogP contribution in [0.25, 0.3) is 10.7 Å². The molecule has 1 aliphatic heterocycles. The monoisotopic (exact) mass is 412 g/mol. The number of aryl methyl sites for hydroxylation is 1. The number of fused-ring (bicyclic) bond motifs is 1. The number of nitrogens with zero attached hydrogens (tertiary/aromatic N) is 2. The van der Waals surface area contributed by atoms with Crippen LogP contribution in [0.1, 0.15) is 16.1 Å².